The van der Waals surface area contributed by atoms with Gasteiger partial charge in [-0.15, -0.1) is 0 Å². The molecule has 0 saturated carbocycles. The van der Waals surface area contributed by atoms with E-state index >= 15 is 0 Å². The first-order chi connectivity index (χ1) is 29.7. The van der Waals surface area contributed by atoms with Gasteiger partial charge in [-0.3, -0.25) is 0 Å². The van der Waals surface area contributed by atoms with Gasteiger partial charge in [0.1, 0.15) is 12.2 Å². The molecule has 1 aliphatic heterocycles. The van der Waals surface area contributed by atoms with E-state index < -0.39 is 47.0 Å². The molecule has 4 aromatic rings. The van der Waals surface area contributed by atoms with Crippen LogP contribution in [0.1, 0.15) is 87.5 Å². The highest BCUT2D eigenvalue weighted by Crippen LogP contribution is 2.40. The van der Waals surface area contributed by atoms with E-state index in [4.69, 9.17) is 13.6 Å². The molecular weight excluding hydrogens is 797 g/mol. The maximum Gasteiger partial charge on any atom is 0.331 e. The third-order valence-electron chi connectivity index (χ3n) is 12.0. The summed E-state index contributed by atoms with van der Waals surface area (Å²) in [7, 11) is -5.95. The summed E-state index contributed by atoms with van der Waals surface area (Å²) in [6, 6.07) is 42.2. The van der Waals surface area contributed by atoms with Crippen molar-refractivity contribution in [3.63, 3.8) is 0 Å². The molecule has 328 valence electrons. The van der Waals surface area contributed by atoms with E-state index in [1.54, 1.807) is 0 Å². The molecule has 4 aromatic carbocycles. The van der Waals surface area contributed by atoms with Crippen molar-refractivity contribution in [2.45, 2.75) is 122 Å². The molecular formula is C55H70O5Si2. The number of hydrogen-bond acceptors (Lipinski definition) is 5. The van der Waals surface area contributed by atoms with Gasteiger partial charge in [0.05, 0.1) is 12.2 Å². The number of cyclic esters (lactones) is 1. The van der Waals surface area contributed by atoms with Gasteiger partial charge in [0.2, 0.25) is 0 Å². The monoisotopic (exact) mass is 866 g/mol. The Morgan fingerprint density at radius 2 is 1.16 bits per heavy atom. The van der Waals surface area contributed by atoms with E-state index in [2.05, 4.69) is 195 Å². The molecule has 0 spiro atoms. The SMILES string of the molecule is CCCCC/C=C/C=C\C=C/[C@H](O[Si](c1ccccc1)(c1ccccc1)C(C)(C)C)[C@@H](C)[C@@H](O)C/C=C/[C@@H]1OC(=O)C=C[C@@H]1O[Si](c1ccccc1)(c1ccccc1)C(C)(C)C. The normalized spacial score (nSPS) is 18.2. The van der Waals surface area contributed by atoms with Crippen LogP contribution in [0.15, 0.2) is 182 Å². The van der Waals surface area contributed by atoms with Crippen LogP contribution in [0.25, 0.3) is 0 Å². The van der Waals surface area contributed by atoms with Crippen molar-refractivity contribution < 1.29 is 23.5 Å². The van der Waals surface area contributed by atoms with Crippen LogP contribution in [0, 0.1) is 5.92 Å². The van der Waals surface area contributed by atoms with Crippen molar-refractivity contribution in [3.05, 3.63) is 182 Å². The maximum atomic E-state index is 12.8. The minimum atomic E-state index is -2.98. The van der Waals surface area contributed by atoms with Crippen molar-refractivity contribution >= 4 is 43.4 Å². The van der Waals surface area contributed by atoms with Gasteiger partial charge >= 0.3 is 5.97 Å². The summed E-state index contributed by atoms with van der Waals surface area (Å²) < 4.78 is 21.1. The number of allylic oxidation sites excluding steroid dienone is 5. The van der Waals surface area contributed by atoms with Gasteiger partial charge in [-0.2, -0.15) is 0 Å². The smallest absolute Gasteiger partial charge is 0.331 e. The molecule has 5 rings (SSSR count). The molecule has 0 aromatic heterocycles. The number of aliphatic hydroxyl groups excluding tert-OH is 1. The Morgan fingerprint density at radius 3 is 1.65 bits per heavy atom. The number of hydrogen-bond donors (Lipinski definition) is 1. The summed E-state index contributed by atoms with van der Waals surface area (Å²) in [5.74, 6) is -0.711. The van der Waals surface area contributed by atoms with Crippen LogP contribution in [0.3, 0.4) is 0 Å². The van der Waals surface area contributed by atoms with Gasteiger partial charge in [0, 0.05) is 12.0 Å². The molecule has 1 N–H and O–H groups in total. The van der Waals surface area contributed by atoms with Crippen LogP contribution in [-0.2, 0) is 18.4 Å². The lowest BCUT2D eigenvalue weighted by Crippen LogP contribution is -2.68. The van der Waals surface area contributed by atoms with E-state index in [9.17, 15) is 9.90 Å². The fraction of sp³-hybridized carbons (Fsp3) is 0.364. The molecule has 0 unspecified atom stereocenters. The van der Waals surface area contributed by atoms with Crippen LogP contribution in [0.4, 0.5) is 0 Å². The highest BCUT2D eigenvalue weighted by atomic mass is 28.4. The number of aliphatic hydroxyl groups is 1. The summed E-state index contributed by atoms with van der Waals surface area (Å²) in [5.41, 5.74) is 0. The molecule has 62 heavy (non-hydrogen) atoms. The Balaban J connectivity index is 1.46. The summed E-state index contributed by atoms with van der Waals surface area (Å²) in [6.45, 7) is 17.8. The molecule has 0 aliphatic carbocycles. The standard InChI is InChI=1S/C55H70O5Si2/c1-9-10-11-12-13-14-15-16-29-40-50(59-61(54(3,4)5,45-31-21-17-22-32-45)46-33-23-18-24-34-46)44(2)49(56)39-30-41-51-52(42-43-53(57)58-51)60-62(55(6,7)8,47-35-25-19-26-36-47)48-37-27-20-28-38-48/h13-38,40-44,49-52,56H,9-12,39H2,1-8H3/b14-13+,16-15-,40-29-,41-30+/t44-,49-,50-,51-,52-/m0/s1. The quantitative estimate of drug-likeness (QED) is 0.0315. The highest BCUT2D eigenvalue weighted by Gasteiger charge is 2.53. The number of benzene rings is 4. The van der Waals surface area contributed by atoms with Crippen molar-refractivity contribution in [1.82, 2.24) is 0 Å². The average Bonchev–Trinajstić information content (AvgIpc) is 3.26. The zero-order chi connectivity index (χ0) is 44.6. The molecule has 0 fully saturated rings. The zero-order valence-corrected chi connectivity index (χ0v) is 40.3. The van der Waals surface area contributed by atoms with Crippen molar-refractivity contribution in [2.24, 2.45) is 5.92 Å². The zero-order valence-electron chi connectivity index (χ0n) is 38.3. The predicted octanol–water partition coefficient (Wildman–Crippen LogP) is 10.6. The van der Waals surface area contributed by atoms with Gasteiger partial charge in [-0.25, -0.2) is 4.79 Å². The Morgan fingerprint density at radius 1 is 0.677 bits per heavy atom. The number of ether oxygens (including phenoxy) is 1. The van der Waals surface area contributed by atoms with Gasteiger partial charge in [-0.1, -0.05) is 232 Å². The van der Waals surface area contributed by atoms with Gasteiger partial charge in [0.15, 0.2) is 0 Å². The number of esters is 1. The number of unbranched alkanes of at least 4 members (excludes halogenated alkanes) is 3. The van der Waals surface area contributed by atoms with E-state index in [0.717, 1.165) is 16.8 Å². The second kappa shape index (κ2) is 22.6. The molecule has 0 saturated heterocycles. The Kier molecular flexibility index (Phi) is 17.7. The van der Waals surface area contributed by atoms with E-state index in [-0.39, 0.29) is 16.0 Å². The lowest BCUT2D eigenvalue weighted by Gasteiger charge is -2.46. The summed E-state index contributed by atoms with van der Waals surface area (Å²) in [4.78, 5) is 12.8. The predicted molar refractivity (Wildman–Crippen MR) is 264 cm³/mol. The van der Waals surface area contributed by atoms with Crippen molar-refractivity contribution in [2.75, 3.05) is 0 Å². The Bertz CT molecular complexity index is 2020. The lowest BCUT2D eigenvalue weighted by molar-refractivity contribution is -0.145. The fourth-order valence-electron chi connectivity index (χ4n) is 8.67. The molecule has 1 aliphatic rings. The van der Waals surface area contributed by atoms with Crippen LogP contribution in [0.5, 0.6) is 0 Å². The highest BCUT2D eigenvalue weighted by molar-refractivity contribution is 7.00. The summed E-state index contributed by atoms with van der Waals surface area (Å²) >= 11 is 0. The Hall–Kier alpha value is -4.64. The fourth-order valence-corrected chi connectivity index (χ4v) is 18.0. The molecule has 5 atom stereocenters. The van der Waals surface area contributed by atoms with Crippen LogP contribution in [-0.4, -0.2) is 52.1 Å². The van der Waals surface area contributed by atoms with Gasteiger partial charge < -0.3 is 18.7 Å². The topological polar surface area (TPSA) is 65.0 Å². The minimum Gasteiger partial charge on any atom is -0.452 e. The van der Waals surface area contributed by atoms with Crippen LogP contribution in [0.2, 0.25) is 10.1 Å². The maximum absolute atomic E-state index is 12.8. The molecule has 0 bridgehead atoms. The minimum absolute atomic E-state index is 0.248. The molecule has 1 heterocycles. The molecule has 0 radical (unpaired) electrons. The van der Waals surface area contributed by atoms with Crippen LogP contribution < -0.4 is 20.7 Å². The molecule has 7 heteroatoms. The third kappa shape index (κ3) is 11.9. The van der Waals surface area contributed by atoms with E-state index in [0.29, 0.717) is 6.42 Å². The largest absolute Gasteiger partial charge is 0.452 e. The number of carbonyl (C=O) groups excluding carboxylic acids is 1. The second-order valence-electron chi connectivity index (χ2n) is 18.5. The third-order valence-corrected chi connectivity index (χ3v) is 22.1. The summed E-state index contributed by atoms with van der Waals surface area (Å²) in [5, 5.41) is 16.2. The number of rotatable bonds is 20. The summed E-state index contributed by atoms with van der Waals surface area (Å²) in [6.07, 6.45) is 22.4. The van der Waals surface area contributed by atoms with Gasteiger partial charge in [-0.05, 0) is 62.2 Å². The second-order valence-corrected chi connectivity index (χ2v) is 27.0. The van der Waals surface area contributed by atoms with Gasteiger partial charge in [0.25, 0.3) is 16.6 Å². The average molecular weight is 867 g/mol. The van der Waals surface area contributed by atoms with Crippen molar-refractivity contribution in [1.29, 1.82) is 0 Å². The van der Waals surface area contributed by atoms with Crippen molar-refractivity contribution in [3.8, 4) is 0 Å². The first kappa shape index (κ1) is 48.4. The lowest BCUT2D eigenvalue weighted by atomic mass is 9.95. The van der Waals surface area contributed by atoms with E-state index in [1.807, 2.05) is 36.4 Å². The molecule has 5 nitrogen and oxygen atoms in total. The first-order valence-corrected chi connectivity index (χ1v) is 26.4. The molecule has 0 amide bonds. The Labute approximate surface area is 375 Å². The van der Waals surface area contributed by atoms with Crippen LogP contribution >= 0.6 is 0 Å². The van der Waals surface area contributed by atoms with E-state index in [1.165, 1.54) is 35.7 Å². The number of carbonyl (C=O) groups is 1. The first-order valence-electron chi connectivity index (χ1n) is 22.6.